The lowest BCUT2D eigenvalue weighted by molar-refractivity contribution is 0.237. The number of piperazine rings is 1. The fraction of sp³-hybridized carbons (Fsp3) is 0.320. The van der Waals surface area contributed by atoms with Gasteiger partial charge in [0.15, 0.2) is 0 Å². The minimum Gasteiger partial charge on any atom is -0.508 e. The topological polar surface area (TPSA) is 48.8 Å². The van der Waals surface area contributed by atoms with E-state index in [1.165, 1.54) is 15.8 Å². The molecule has 0 unspecified atom stereocenters. The van der Waals surface area contributed by atoms with E-state index in [0.29, 0.717) is 12.5 Å². The summed E-state index contributed by atoms with van der Waals surface area (Å²) in [5.74, 6) is 0.846. The molecule has 31 heavy (non-hydrogen) atoms. The number of anilines is 1. The van der Waals surface area contributed by atoms with Crippen LogP contribution in [0, 0.1) is 0 Å². The van der Waals surface area contributed by atoms with Crippen molar-refractivity contribution in [2.24, 2.45) is 0 Å². The van der Waals surface area contributed by atoms with Crippen molar-refractivity contribution in [3.8, 4) is 11.6 Å². The second-order valence-electron chi connectivity index (χ2n) is 8.02. The minimum atomic E-state index is 0.226. The lowest BCUT2D eigenvalue weighted by Gasteiger charge is -2.36. The summed E-state index contributed by atoms with van der Waals surface area (Å²) in [4.78, 5) is 9.56. The molecule has 1 aliphatic rings. The maximum Gasteiger partial charge on any atom is 0.213 e. The van der Waals surface area contributed by atoms with Gasteiger partial charge >= 0.3 is 0 Å². The van der Waals surface area contributed by atoms with E-state index in [9.17, 15) is 5.11 Å². The van der Waals surface area contributed by atoms with Gasteiger partial charge in [-0.15, -0.1) is 11.3 Å². The second kappa shape index (κ2) is 9.12. The number of rotatable bonds is 7. The predicted octanol–water partition coefficient (Wildman–Crippen LogP) is 5.14. The Labute approximate surface area is 186 Å². The Morgan fingerprint density at radius 3 is 2.74 bits per heavy atom. The molecule has 1 N–H and O–H groups in total. The van der Waals surface area contributed by atoms with Crippen molar-refractivity contribution in [3.05, 3.63) is 60.0 Å². The van der Waals surface area contributed by atoms with E-state index >= 15 is 0 Å². The molecule has 1 saturated heterocycles. The van der Waals surface area contributed by atoms with Gasteiger partial charge in [0.05, 0.1) is 12.1 Å². The van der Waals surface area contributed by atoms with Crippen LogP contribution in [-0.4, -0.2) is 54.3 Å². The average Bonchev–Trinajstić information content (AvgIpc) is 3.28. The maximum atomic E-state index is 9.62. The van der Waals surface area contributed by atoms with Gasteiger partial charge in [-0.3, -0.25) is 4.90 Å². The van der Waals surface area contributed by atoms with Gasteiger partial charge in [-0.2, -0.15) is 0 Å². The smallest absolute Gasteiger partial charge is 0.213 e. The van der Waals surface area contributed by atoms with Gasteiger partial charge in [0, 0.05) is 59.5 Å². The zero-order chi connectivity index (χ0) is 21.0. The predicted molar refractivity (Wildman–Crippen MR) is 129 cm³/mol. The summed E-state index contributed by atoms with van der Waals surface area (Å²) in [6, 6.07) is 18.0. The van der Waals surface area contributed by atoms with Crippen LogP contribution in [0.4, 0.5) is 5.69 Å². The first kappa shape index (κ1) is 20.1. The Morgan fingerprint density at radius 2 is 1.84 bits per heavy atom. The van der Waals surface area contributed by atoms with Gasteiger partial charge in [-0.25, -0.2) is 4.98 Å². The standard InChI is InChI=1S/C25H27N3O2S/c29-20-8-6-19-7-9-25(26-22(19)18-20)30-16-2-1-11-27-12-14-28(15-13-27)23-4-3-5-24-21(23)10-17-31-24/h3-10,17-18,29H,1-2,11-16H2. The van der Waals surface area contributed by atoms with Crippen LogP contribution < -0.4 is 9.64 Å². The molecule has 1 fully saturated rings. The van der Waals surface area contributed by atoms with Crippen molar-refractivity contribution < 1.29 is 9.84 Å². The summed E-state index contributed by atoms with van der Waals surface area (Å²) < 4.78 is 7.21. The number of unbranched alkanes of at least 4 members (excludes halogenated alkanes) is 1. The van der Waals surface area contributed by atoms with Crippen LogP contribution in [0.15, 0.2) is 60.0 Å². The highest BCUT2D eigenvalue weighted by molar-refractivity contribution is 7.17. The summed E-state index contributed by atoms with van der Waals surface area (Å²) in [5.41, 5.74) is 2.14. The number of fused-ring (bicyclic) bond motifs is 2. The largest absolute Gasteiger partial charge is 0.508 e. The number of aromatic nitrogens is 1. The van der Waals surface area contributed by atoms with Crippen molar-refractivity contribution in [2.45, 2.75) is 12.8 Å². The molecular weight excluding hydrogens is 406 g/mol. The molecule has 0 bridgehead atoms. The number of benzene rings is 2. The first-order valence-corrected chi connectivity index (χ1v) is 11.8. The summed E-state index contributed by atoms with van der Waals surface area (Å²) >= 11 is 1.82. The van der Waals surface area contributed by atoms with Gasteiger partial charge in [-0.05, 0) is 61.2 Å². The molecule has 0 radical (unpaired) electrons. The van der Waals surface area contributed by atoms with Crippen LogP contribution in [0.3, 0.4) is 0 Å². The number of hydrogen-bond acceptors (Lipinski definition) is 6. The van der Waals surface area contributed by atoms with Crippen molar-refractivity contribution in [2.75, 3.05) is 44.2 Å². The van der Waals surface area contributed by atoms with Crippen LogP contribution in [0.5, 0.6) is 11.6 Å². The van der Waals surface area contributed by atoms with Crippen molar-refractivity contribution in [1.29, 1.82) is 0 Å². The number of hydrogen-bond donors (Lipinski definition) is 1. The Hall–Kier alpha value is -2.83. The fourth-order valence-electron chi connectivity index (χ4n) is 4.25. The molecule has 6 heteroatoms. The van der Waals surface area contributed by atoms with E-state index < -0.39 is 0 Å². The van der Waals surface area contributed by atoms with Gasteiger partial charge in [0.25, 0.3) is 0 Å². The molecule has 160 valence electrons. The van der Waals surface area contributed by atoms with E-state index in [1.807, 2.05) is 29.5 Å². The van der Waals surface area contributed by atoms with Gasteiger partial charge < -0.3 is 14.7 Å². The SMILES string of the molecule is Oc1ccc2ccc(OCCCCN3CCN(c4cccc5sccc45)CC3)nc2c1. The van der Waals surface area contributed by atoms with E-state index in [-0.39, 0.29) is 5.75 Å². The Balaban J connectivity index is 1.05. The van der Waals surface area contributed by atoms with Gasteiger partial charge in [-0.1, -0.05) is 6.07 Å². The first-order valence-electron chi connectivity index (χ1n) is 10.9. The minimum absolute atomic E-state index is 0.226. The van der Waals surface area contributed by atoms with E-state index in [1.54, 1.807) is 12.1 Å². The molecule has 4 aromatic rings. The van der Waals surface area contributed by atoms with Crippen LogP contribution in [0.2, 0.25) is 0 Å². The highest BCUT2D eigenvalue weighted by atomic mass is 32.1. The third-order valence-electron chi connectivity index (χ3n) is 5.95. The van der Waals surface area contributed by atoms with Gasteiger partial charge in [0.2, 0.25) is 5.88 Å². The highest BCUT2D eigenvalue weighted by Gasteiger charge is 2.18. The third kappa shape index (κ3) is 4.60. The van der Waals surface area contributed by atoms with Crippen molar-refractivity contribution in [1.82, 2.24) is 9.88 Å². The van der Waals surface area contributed by atoms with Crippen LogP contribution >= 0.6 is 11.3 Å². The van der Waals surface area contributed by atoms with Crippen molar-refractivity contribution in [3.63, 3.8) is 0 Å². The number of pyridine rings is 1. The Bertz CT molecular complexity index is 1170. The zero-order valence-corrected chi connectivity index (χ0v) is 18.4. The number of phenols is 1. The molecule has 3 heterocycles. The summed E-state index contributed by atoms with van der Waals surface area (Å²) in [5, 5.41) is 14.2. The number of phenolic OH excluding ortho intramolecular Hbond substituents is 1. The molecule has 5 rings (SSSR count). The summed E-state index contributed by atoms with van der Waals surface area (Å²) in [6.45, 7) is 6.16. The van der Waals surface area contributed by atoms with Crippen LogP contribution in [0.25, 0.3) is 21.0 Å². The zero-order valence-electron chi connectivity index (χ0n) is 17.5. The van der Waals surface area contributed by atoms with E-state index in [0.717, 1.165) is 56.5 Å². The normalized spacial score (nSPS) is 15.0. The quantitative estimate of drug-likeness (QED) is 0.409. The Kier molecular flexibility index (Phi) is 5.91. The number of nitrogens with zero attached hydrogens (tertiary/aromatic N) is 3. The molecule has 1 aliphatic heterocycles. The summed E-state index contributed by atoms with van der Waals surface area (Å²) in [7, 11) is 0. The molecular formula is C25H27N3O2S. The number of aromatic hydroxyl groups is 1. The number of ether oxygens (including phenoxy) is 1. The summed E-state index contributed by atoms with van der Waals surface area (Å²) in [6.07, 6.45) is 2.13. The first-order chi connectivity index (χ1) is 15.3. The molecule has 2 aromatic heterocycles. The fourth-order valence-corrected chi connectivity index (χ4v) is 5.06. The maximum absolute atomic E-state index is 9.62. The van der Waals surface area contributed by atoms with Gasteiger partial charge in [0.1, 0.15) is 5.75 Å². The molecule has 0 amide bonds. The second-order valence-corrected chi connectivity index (χ2v) is 8.97. The molecule has 0 atom stereocenters. The molecule has 0 aliphatic carbocycles. The van der Waals surface area contributed by atoms with E-state index in [2.05, 4.69) is 44.4 Å². The highest BCUT2D eigenvalue weighted by Crippen LogP contribution is 2.31. The lowest BCUT2D eigenvalue weighted by Crippen LogP contribution is -2.46. The lowest BCUT2D eigenvalue weighted by atomic mass is 10.2. The van der Waals surface area contributed by atoms with Crippen molar-refractivity contribution >= 4 is 38.0 Å². The van der Waals surface area contributed by atoms with Crippen LogP contribution in [0.1, 0.15) is 12.8 Å². The van der Waals surface area contributed by atoms with Crippen LogP contribution in [-0.2, 0) is 0 Å². The Morgan fingerprint density at radius 1 is 0.968 bits per heavy atom. The molecule has 2 aromatic carbocycles. The molecule has 0 saturated carbocycles. The molecule has 0 spiro atoms. The monoisotopic (exact) mass is 433 g/mol. The average molecular weight is 434 g/mol. The third-order valence-corrected chi connectivity index (χ3v) is 6.84. The number of thiophene rings is 1. The molecule has 5 nitrogen and oxygen atoms in total. The van der Waals surface area contributed by atoms with E-state index in [4.69, 9.17) is 4.74 Å².